The number of nitrogens with zero attached hydrogens (tertiary/aromatic N) is 3. The molecule has 37 heavy (non-hydrogen) atoms. The number of piperidine rings is 1. The Balaban J connectivity index is 1.15. The van der Waals surface area contributed by atoms with Crippen molar-refractivity contribution in [2.45, 2.75) is 43.9 Å². The molecule has 2 fully saturated rings. The topological polar surface area (TPSA) is 71.5 Å². The molecule has 0 radical (unpaired) electrons. The number of fused-ring (bicyclic) bond motifs is 1. The van der Waals surface area contributed by atoms with Crippen LogP contribution in [-0.2, 0) is 13.5 Å². The van der Waals surface area contributed by atoms with Crippen LogP contribution in [0.3, 0.4) is 0 Å². The molecule has 0 spiro atoms. The zero-order chi connectivity index (χ0) is 25.7. The van der Waals surface area contributed by atoms with Crippen LogP contribution in [0.2, 0.25) is 10.0 Å². The molecule has 2 aliphatic rings. The summed E-state index contributed by atoms with van der Waals surface area (Å²) in [6, 6.07) is 11.8. The molecule has 0 bridgehead atoms. The van der Waals surface area contributed by atoms with E-state index in [9.17, 15) is 9.90 Å². The van der Waals surface area contributed by atoms with Crippen LogP contribution in [0.5, 0.6) is 0 Å². The highest BCUT2D eigenvalue weighted by Crippen LogP contribution is 2.46. The SMILES string of the molecule is Cn1cc(C(=O)O)c2ccc(C3CCN(CCc4c(-c5c(Cl)cccc5Cl)noc4C4CC4)CC3)cc21. The molecule has 2 aromatic heterocycles. The second-order valence-corrected chi connectivity index (χ2v) is 11.2. The Kier molecular flexibility index (Phi) is 6.51. The lowest BCUT2D eigenvalue weighted by atomic mass is 9.88. The van der Waals surface area contributed by atoms with Crippen molar-refractivity contribution in [3.05, 3.63) is 75.1 Å². The van der Waals surface area contributed by atoms with E-state index in [1.807, 2.05) is 35.9 Å². The molecule has 3 heterocycles. The zero-order valence-corrected chi connectivity index (χ0v) is 22.2. The van der Waals surface area contributed by atoms with Crippen molar-refractivity contribution < 1.29 is 14.4 Å². The highest BCUT2D eigenvalue weighted by atomic mass is 35.5. The Labute approximate surface area is 225 Å². The van der Waals surface area contributed by atoms with Crippen molar-refractivity contribution in [3.8, 4) is 11.3 Å². The summed E-state index contributed by atoms with van der Waals surface area (Å²) in [7, 11) is 1.91. The van der Waals surface area contributed by atoms with Crippen LogP contribution in [-0.4, -0.2) is 45.3 Å². The highest BCUT2D eigenvalue weighted by molar-refractivity contribution is 6.39. The van der Waals surface area contributed by atoms with Crippen LogP contribution in [0.4, 0.5) is 0 Å². The number of hydrogen-bond donors (Lipinski definition) is 1. The van der Waals surface area contributed by atoms with Gasteiger partial charge in [0.25, 0.3) is 0 Å². The van der Waals surface area contributed by atoms with Crippen LogP contribution in [0.15, 0.2) is 47.1 Å². The van der Waals surface area contributed by atoms with Crippen molar-refractivity contribution in [2.75, 3.05) is 19.6 Å². The molecule has 6 nitrogen and oxygen atoms in total. The third-order valence-corrected chi connectivity index (χ3v) is 8.58. The van der Waals surface area contributed by atoms with Gasteiger partial charge in [0.1, 0.15) is 11.5 Å². The van der Waals surface area contributed by atoms with Gasteiger partial charge in [-0.15, -0.1) is 0 Å². The average Bonchev–Trinajstić information content (AvgIpc) is 3.57. The van der Waals surface area contributed by atoms with Crippen molar-refractivity contribution in [1.29, 1.82) is 0 Å². The van der Waals surface area contributed by atoms with Crippen molar-refractivity contribution >= 4 is 40.1 Å². The maximum atomic E-state index is 11.6. The van der Waals surface area contributed by atoms with Gasteiger partial charge in [0, 0.05) is 47.7 Å². The number of rotatable bonds is 7. The van der Waals surface area contributed by atoms with Gasteiger partial charge in [-0.05, 0) is 74.9 Å². The van der Waals surface area contributed by atoms with E-state index in [0.29, 0.717) is 27.4 Å². The number of likely N-dealkylation sites (tertiary alicyclic amines) is 1. The number of carbonyl (C=O) groups is 1. The van der Waals surface area contributed by atoms with E-state index >= 15 is 0 Å². The lowest BCUT2D eigenvalue weighted by Crippen LogP contribution is -2.34. The monoisotopic (exact) mass is 537 g/mol. The summed E-state index contributed by atoms with van der Waals surface area (Å²) in [5.74, 6) is 1.04. The Morgan fingerprint density at radius 1 is 1.08 bits per heavy atom. The van der Waals surface area contributed by atoms with Gasteiger partial charge in [0.15, 0.2) is 0 Å². The second-order valence-electron chi connectivity index (χ2n) is 10.3. The van der Waals surface area contributed by atoms with E-state index in [1.165, 1.54) is 5.56 Å². The van der Waals surface area contributed by atoms with Gasteiger partial charge in [0.05, 0.1) is 15.6 Å². The minimum atomic E-state index is -0.885. The van der Waals surface area contributed by atoms with Crippen LogP contribution in [0, 0.1) is 0 Å². The summed E-state index contributed by atoms with van der Waals surface area (Å²) in [6.07, 6.45) is 6.98. The molecular formula is C29H29Cl2N3O3. The third-order valence-electron chi connectivity index (χ3n) is 7.95. The number of benzene rings is 2. The number of carboxylic acid groups (broad SMARTS) is 1. The van der Waals surface area contributed by atoms with Gasteiger partial charge < -0.3 is 19.1 Å². The number of halogens is 2. The first-order valence-electron chi connectivity index (χ1n) is 12.9. The molecule has 8 heteroatoms. The van der Waals surface area contributed by atoms with Gasteiger partial charge in [-0.25, -0.2) is 4.79 Å². The largest absolute Gasteiger partial charge is 0.478 e. The van der Waals surface area contributed by atoms with Gasteiger partial charge in [-0.1, -0.05) is 46.6 Å². The fraction of sp³-hybridized carbons (Fsp3) is 0.379. The minimum absolute atomic E-state index is 0.357. The Morgan fingerprint density at radius 2 is 1.81 bits per heavy atom. The average molecular weight is 538 g/mol. The van der Waals surface area contributed by atoms with E-state index in [0.717, 1.165) is 85.2 Å². The number of aryl methyl sites for hydroxylation is 1. The quantitative estimate of drug-likeness (QED) is 0.271. The Hall–Kier alpha value is -2.80. The van der Waals surface area contributed by atoms with Crippen molar-refractivity contribution in [2.24, 2.45) is 7.05 Å². The number of hydrogen-bond acceptors (Lipinski definition) is 4. The summed E-state index contributed by atoms with van der Waals surface area (Å²) >= 11 is 13.0. The van der Waals surface area contributed by atoms with Crippen molar-refractivity contribution in [1.82, 2.24) is 14.6 Å². The van der Waals surface area contributed by atoms with E-state index in [2.05, 4.69) is 22.2 Å². The summed E-state index contributed by atoms with van der Waals surface area (Å²) in [4.78, 5) is 14.1. The van der Waals surface area contributed by atoms with Crippen LogP contribution in [0.25, 0.3) is 22.2 Å². The maximum Gasteiger partial charge on any atom is 0.337 e. The van der Waals surface area contributed by atoms with Crippen molar-refractivity contribution in [3.63, 3.8) is 0 Å². The zero-order valence-electron chi connectivity index (χ0n) is 20.7. The first-order valence-corrected chi connectivity index (χ1v) is 13.6. The molecular weight excluding hydrogens is 509 g/mol. The third kappa shape index (κ3) is 4.67. The second kappa shape index (κ2) is 9.82. The van der Waals surface area contributed by atoms with E-state index in [4.69, 9.17) is 27.7 Å². The highest BCUT2D eigenvalue weighted by Gasteiger charge is 2.33. The smallest absolute Gasteiger partial charge is 0.337 e. The lowest BCUT2D eigenvalue weighted by molar-refractivity contribution is 0.0699. The van der Waals surface area contributed by atoms with Gasteiger partial charge in [-0.3, -0.25) is 0 Å². The summed E-state index contributed by atoms with van der Waals surface area (Å²) in [6.45, 7) is 2.96. The van der Waals surface area contributed by atoms with E-state index < -0.39 is 5.97 Å². The number of aromatic nitrogens is 2. The molecule has 0 atom stereocenters. The molecule has 1 aliphatic heterocycles. The van der Waals surface area contributed by atoms with E-state index in [1.54, 1.807) is 6.20 Å². The Bertz CT molecular complexity index is 1460. The van der Waals surface area contributed by atoms with Gasteiger partial charge in [0.2, 0.25) is 0 Å². The first kappa shape index (κ1) is 24.5. The minimum Gasteiger partial charge on any atom is -0.478 e. The molecule has 2 aromatic carbocycles. The van der Waals surface area contributed by atoms with Gasteiger partial charge >= 0.3 is 5.97 Å². The molecule has 1 saturated carbocycles. The summed E-state index contributed by atoms with van der Waals surface area (Å²) < 4.78 is 7.75. The number of aromatic carboxylic acids is 1. The molecule has 1 N–H and O–H groups in total. The molecule has 4 aromatic rings. The fourth-order valence-electron chi connectivity index (χ4n) is 5.74. The van der Waals surface area contributed by atoms with Crippen LogP contribution < -0.4 is 0 Å². The van der Waals surface area contributed by atoms with Gasteiger partial charge in [-0.2, -0.15) is 0 Å². The lowest BCUT2D eigenvalue weighted by Gasteiger charge is -2.32. The standard InChI is InChI=1S/C29H29Cl2N3O3/c1-33-16-22(29(35)36)20-8-7-19(15-25(20)33)17-9-12-34(13-10-17)14-11-21-27(32-37-28(21)18-5-6-18)26-23(30)3-2-4-24(26)31/h2-4,7-8,15-18H,5-6,9-14H2,1H3,(H,35,36). The molecule has 1 saturated heterocycles. The maximum absolute atomic E-state index is 11.6. The molecule has 1 aliphatic carbocycles. The van der Waals surface area contributed by atoms with Crippen LogP contribution >= 0.6 is 23.2 Å². The molecule has 0 amide bonds. The van der Waals surface area contributed by atoms with Crippen LogP contribution in [0.1, 0.15) is 64.8 Å². The predicted molar refractivity (Wildman–Crippen MR) is 146 cm³/mol. The molecule has 192 valence electrons. The molecule has 0 unspecified atom stereocenters. The van der Waals surface area contributed by atoms with E-state index in [-0.39, 0.29) is 0 Å². The molecule has 6 rings (SSSR count). The number of carboxylic acids is 1. The Morgan fingerprint density at radius 3 is 2.49 bits per heavy atom. The summed E-state index contributed by atoms with van der Waals surface area (Å²) in [5, 5.41) is 15.9. The predicted octanol–water partition coefficient (Wildman–Crippen LogP) is 7.14. The fourth-order valence-corrected chi connectivity index (χ4v) is 6.31. The normalized spacial score (nSPS) is 17.1. The first-order chi connectivity index (χ1) is 17.9. The summed E-state index contributed by atoms with van der Waals surface area (Å²) in [5.41, 5.74) is 5.30.